The maximum absolute atomic E-state index is 13.8. The molecule has 0 saturated heterocycles. The third-order valence-corrected chi connectivity index (χ3v) is 4.10. The lowest BCUT2D eigenvalue weighted by molar-refractivity contribution is -0.137. The predicted molar refractivity (Wildman–Crippen MR) is 94.4 cm³/mol. The Balaban J connectivity index is 1.83. The van der Waals surface area contributed by atoms with Crippen LogP contribution in [0, 0.1) is 5.82 Å². The van der Waals surface area contributed by atoms with Crippen LogP contribution < -0.4 is 0 Å². The third kappa shape index (κ3) is 4.08. The van der Waals surface area contributed by atoms with E-state index in [1.54, 1.807) is 24.4 Å². The number of aromatic amines is 1. The monoisotopic (exact) mass is 400 g/mol. The van der Waals surface area contributed by atoms with Crippen molar-refractivity contribution < 1.29 is 17.6 Å². The minimum absolute atomic E-state index is 0.0143. The normalized spacial score (nSPS) is 12.1. The van der Waals surface area contributed by atoms with Crippen molar-refractivity contribution in [1.29, 1.82) is 0 Å². The topological polar surface area (TPSA) is 28.7 Å². The number of hydrogen-bond donors (Lipinski definition) is 1. The van der Waals surface area contributed by atoms with Gasteiger partial charge in [0.1, 0.15) is 11.6 Å². The molecule has 0 aliphatic heterocycles. The molecular weight excluding hydrogens is 391 g/mol. The minimum atomic E-state index is -4.59. The molecular formula is C18H10Cl2F4N2. The summed E-state index contributed by atoms with van der Waals surface area (Å²) in [5.41, 5.74) is 0.192. The van der Waals surface area contributed by atoms with Crippen LogP contribution in [0.15, 0.2) is 42.6 Å². The van der Waals surface area contributed by atoms with Gasteiger partial charge in [-0.3, -0.25) is 0 Å². The summed E-state index contributed by atoms with van der Waals surface area (Å²) in [5, 5.41) is 0.917. The molecule has 3 aromatic rings. The van der Waals surface area contributed by atoms with Gasteiger partial charge in [-0.05, 0) is 42.5 Å². The van der Waals surface area contributed by atoms with E-state index >= 15 is 0 Å². The molecule has 0 bridgehead atoms. The molecule has 26 heavy (non-hydrogen) atoms. The van der Waals surface area contributed by atoms with Gasteiger partial charge in [-0.2, -0.15) is 13.2 Å². The number of aromatic nitrogens is 2. The van der Waals surface area contributed by atoms with E-state index in [-0.39, 0.29) is 5.56 Å². The van der Waals surface area contributed by atoms with Gasteiger partial charge in [0, 0.05) is 22.3 Å². The molecule has 2 aromatic carbocycles. The summed E-state index contributed by atoms with van der Waals surface area (Å²) in [7, 11) is 0. The molecule has 1 N–H and O–H groups in total. The number of imidazole rings is 1. The largest absolute Gasteiger partial charge is 0.416 e. The van der Waals surface area contributed by atoms with Crippen LogP contribution in [-0.4, -0.2) is 9.97 Å². The van der Waals surface area contributed by atoms with E-state index in [9.17, 15) is 17.6 Å². The summed E-state index contributed by atoms with van der Waals surface area (Å²) in [6.07, 6.45) is -0.185. The molecule has 0 fully saturated rings. The Morgan fingerprint density at radius 1 is 1.00 bits per heavy atom. The van der Waals surface area contributed by atoms with Crippen LogP contribution in [0.1, 0.15) is 17.0 Å². The molecule has 0 atom stereocenters. The summed E-state index contributed by atoms with van der Waals surface area (Å²) in [6, 6.07) is 7.31. The highest BCUT2D eigenvalue weighted by atomic mass is 35.5. The quantitative estimate of drug-likeness (QED) is 0.486. The molecule has 3 rings (SSSR count). The van der Waals surface area contributed by atoms with E-state index in [0.29, 0.717) is 33.2 Å². The summed E-state index contributed by atoms with van der Waals surface area (Å²) < 4.78 is 51.5. The van der Waals surface area contributed by atoms with Crippen LogP contribution >= 0.6 is 23.2 Å². The number of rotatable bonds is 3. The number of halogens is 6. The molecule has 0 radical (unpaired) electrons. The van der Waals surface area contributed by atoms with Crippen molar-refractivity contribution in [2.75, 3.05) is 0 Å². The molecule has 0 unspecified atom stereocenters. The lowest BCUT2D eigenvalue weighted by Crippen LogP contribution is -2.05. The summed E-state index contributed by atoms with van der Waals surface area (Å²) in [5.74, 6) is -0.575. The predicted octanol–water partition coefficient (Wildman–Crippen LogP) is 6.71. The van der Waals surface area contributed by atoms with Gasteiger partial charge in [-0.25, -0.2) is 9.37 Å². The molecule has 0 saturated carbocycles. The Kier molecular flexibility index (Phi) is 5.07. The smallest absolute Gasteiger partial charge is 0.344 e. The van der Waals surface area contributed by atoms with E-state index in [1.165, 1.54) is 12.2 Å². The number of nitrogens with zero attached hydrogens (tertiary/aromatic N) is 1. The first kappa shape index (κ1) is 18.5. The molecule has 0 amide bonds. The van der Waals surface area contributed by atoms with E-state index in [4.69, 9.17) is 23.2 Å². The van der Waals surface area contributed by atoms with E-state index in [2.05, 4.69) is 9.97 Å². The molecule has 1 heterocycles. The number of benzene rings is 2. The van der Waals surface area contributed by atoms with Gasteiger partial charge in [0.15, 0.2) is 0 Å². The zero-order valence-corrected chi connectivity index (χ0v) is 14.4. The Bertz CT molecular complexity index is 978. The second-order valence-electron chi connectivity index (χ2n) is 5.36. The first-order valence-corrected chi connectivity index (χ1v) is 8.05. The Labute approximate surface area is 156 Å². The first-order valence-electron chi connectivity index (χ1n) is 7.30. The average molecular weight is 401 g/mol. The van der Waals surface area contributed by atoms with Crippen molar-refractivity contribution in [1.82, 2.24) is 9.97 Å². The van der Waals surface area contributed by atoms with Gasteiger partial charge in [0.25, 0.3) is 0 Å². The number of H-pyrrole nitrogens is 1. The van der Waals surface area contributed by atoms with Gasteiger partial charge in [0.05, 0.1) is 16.3 Å². The van der Waals surface area contributed by atoms with Crippen LogP contribution in [0.2, 0.25) is 10.0 Å². The maximum Gasteiger partial charge on any atom is 0.416 e. The van der Waals surface area contributed by atoms with E-state index in [0.717, 1.165) is 12.1 Å². The van der Waals surface area contributed by atoms with Gasteiger partial charge in [-0.15, -0.1) is 0 Å². The second kappa shape index (κ2) is 7.13. The summed E-state index contributed by atoms with van der Waals surface area (Å²) in [6.45, 7) is 0. The fraction of sp³-hybridized carbons (Fsp3) is 0.0556. The molecule has 0 aliphatic rings. The van der Waals surface area contributed by atoms with Crippen LogP contribution in [0.4, 0.5) is 17.6 Å². The van der Waals surface area contributed by atoms with Gasteiger partial charge >= 0.3 is 6.18 Å². The Morgan fingerprint density at radius 2 is 1.77 bits per heavy atom. The lowest BCUT2D eigenvalue weighted by Gasteiger charge is -2.07. The zero-order chi connectivity index (χ0) is 18.9. The SMILES string of the molecule is Fc1cc(C(F)(F)F)ccc1C=Cc1nc(-c2ccc(Cl)cc2Cl)c[nH]1. The molecule has 1 aromatic heterocycles. The van der Waals surface area contributed by atoms with Crippen molar-refractivity contribution in [3.05, 3.63) is 75.4 Å². The summed E-state index contributed by atoms with van der Waals surface area (Å²) >= 11 is 12.0. The van der Waals surface area contributed by atoms with E-state index in [1.807, 2.05) is 0 Å². The highest BCUT2D eigenvalue weighted by molar-refractivity contribution is 6.36. The van der Waals surface area contributed by atoms with Crippen molar-refractivity contribution in [2.45, 2.75) is 6.18 Å². The number of hydrogen-bond acceptors (Lipinski definition) is 1. The van der Waals surface area contributed by atoms with Crippen LogP contribution in [0.25, 0.3) is 23.4 Å². The van der Waals surface area contributed by atoms with Crippen molar-refractivity contribution in [3.8, 4) is 11.3 Å². The molecule has 8 heteroatoms. The Hall–Kier alpha value is -2.31. The van der Waals surface area contributed by atoms with Gasteiger partial charge < -0.3 is 4.98 Å². The van der Waals surface area contributed by atoms with Crippen LogP contribution in [0.3, 0.4) is 0 Å². The standard InChI is InChI=1S/C18H10Cl2F4N2/c19-12-4-5-13(14(20)8-12)16-9-25-17(26-16)6-2-10-1-3-11(7-15(10)21)18(22,23)24/h1-9H,(H,25,26). The molecule has 0 aliphatic carbocycles. The maximum atomic E-state index is 13.8. The second-order valence-corrected chi connectivity index (χ2v) is 6.21. The highest BCUT2D eigenvalue weighted by Crippen LogP contribution is 2.31. The molecule has 134 valence electrons. The minimum Gasteiger partial charge on any atom is -0.344 e. The van der Waals surface area contributed by atoms with Crippen molar-refractivity contribution >= 4 is 35.4 Å². The van der Waals surface area contributed by atoms with Gasteiger partial charge in [0.2, 0.25) is 0 Å². The highest BCUT2D eigenvalue weighted by Gasteiger charge is 2.30. The van der Waals surface area contributed by atoms with Crippen molar-refractivity contribution in [3.63, 3.8) is 0 Å². The Morgan fingerprint density at radius 3 is 2.42 bits per heavy atom. The summed E-state index contributed by atoms with van der Waals surface area (Å²) in [4.78, 5) is 7.18. The van der Waals surface area contributed by atoms with Crippen LogP contribution in [0.5, 0.6) is 0 Å². The first-order chi connectivity index (χ1) is 12.2. The van der Waals surface area contributed by atoms with E-state index < -0.39 is 17.6 Å². The fourth-order valence-electron chi connectivity index (χ4n) is 2.26. The number of alkyl halides is 3. The van der Waals surface area contributed by atoms with Crippen molar-refractivity contribution in [2.24, 2.45) is 0 Å². The van der Waals surface area contributed by atoms with Crippen LogP contribution in [-0.2, 0) is 6.18 Å². The number of nitrogens with one attached hydrogen (secondary N) is 1. The zero-order valence-electron chi connectivity index (χ0n) is 12.9. The fourth-order valence-corrected chi connectivity index (χ4v) is 2.77. The molecule has 0 spiro atoms. The van der Waals surface area contributed by atoms with Gasteiger partial charge in [-0.1, -0.05) is 29.3 Å². The average Bonchev–Trinajstić information content (AvgIpc) is 3.01. The third-order valence-electron chi connectivity index (χ3n) is 3.55. The molecule has 2 nitrogen and oxygen atoms in total. The lowest BCUT2D eigenvalue weighted by atomic mass is 10.1.